The van der Waals surface area contributed by atoms with E-state index in [9.17, 15) is 0 Å². The fourth-order valence-electron chi connectivity index (χ4n) is 7.12. The van der Waals surface area contributed by atoms with Crippen molar-refractivity contribution in [1.82, 2.24) is 0 Å². The average Bonchev–Trinajstić information content (AvgIpc) is 3.15. The van der Waals surface area contributed by atoms with Gasteiger partial charge in [0.2, 0.25) is 0 Å². The lowest BCUT2D eigenvalue weighted by Gasteiger charge is -2.04. The van der Waals surface area contributed by atoms with Gasteiger partial charge in [0.1, 0.15) is 13.1 Å². The Kier molecular flexibility index (Phi) is 32.6. The first kappa shape index (κ1) is 46.2. The summed E-state index contributed by atoms with van der Waals surface area (Å²) in [5, 5.41) is 0. The predicted octanol–water partition coefficient (Wildman–Crippen LogP) is 15.3. The van der Waals surface area contributed by atoms with Crippen molar-refractivity contribution < 1.29 is 9.13 Å². The first-order chi connectivity index (χ1) is 25.3. The van der Waals surface area contributed by atoms with Crippen LogP contribution in [0.4, 0.5) is 0 Å². The Hall–Kier alpha value is -1.00. The van der Waals surface area contributed by atoms with Gasteiger partial charge in [0.05, 0.1) is 0 Å². The number of thioether (sulfide) groups is 2. The molecule has 51 heavy (non-hydrogen) atoms. The number of pyridine rings is 2. The second kappa shape index (κ2) is 36.0. The highest BCUT2D eigenvalue weighted by Crippen LogP contribution is 2.21. The molecule has 0 aliphatic heterocycles. The van der Waals surface area contributed by atoms with Crippen molar-refractivity contribution in [2.24, 2.45) is 0 Å². The molecule has 2 aromatic heterocycles. The molecule has 0 atom stereocenters. The van der Waals surface area contributed by atoms with E-state index in [1.165, 1.54) is 233 Å². The summed E-state index contributed by atoms with van der Waals surface area (Å²) in [5.74, 6) is 2.52. The molecule has 0 aliphatic rings. The maximum absolute atomic E-state index is 2.38. The van der Waals surface area contributed by atoms with E-state index in [1.54, 1.807) is 0 Å². The normalized spacial score (nSPS) is 11.5. The standard InChI is InChI=1S/C47H84N2S2/c1-3-5-7-9-11-13-15-17-19-22-26-30-38-48-40-34-46(35-41-48)50-44-32-28-24-21-25-29-33-45-51-47-36-42-49(43-37-47)39-31-27-23-20-18-16-14-12-10-8-6-4-2/h34-37,40-43H,3-33,38-39,44-45H2,1-2H3/q+2. The van der Waals surface area contributed by atoms with Gasteiger partial charge in [-0.3, -0.25) is 0 Å². The van der Waals surface area contributed by atoms with Crippen molar-refractivity contribution in [3.8, 4) is 0 Å². The molecule has 0 aromatic carbocycles. The van der Waals surface area contributed by atoms with Crippen LogP contribution in [0.5, 0.6) is 0 Å². The maximum Gasteiger partial charge on any atom is 0.169 e. The molecule has 2 nitrogen and oxygen atoms in total. The fraction of sp³-hybridized carbons (Fsp3) is 0.787. The lowest BCUT2D eigenvalue weighted by molar-refractivity contribution is -0.697. The molecule has 0 amide bonds. The molecule has 0 spiro atoms. The molecule has 0 aliphatic carbocycles. The molecule has 2 heterocycles. The highest BCUT2D eigenvalue weighted by atomic mass is 32.2. The number of unbranched alkanes of at least 4 members (excludes halogenated alkanes) is 28. The predicted molar refractivity (Wildman–Crippen MR) is 229 cm³/mol. The summed E-state index contributed by atoms with van der Waals surface area (Å²) in [6.07, 6.45) is 53.0. The van der Waals surface area contributed by atoms with E-state index < -0.39 is 0 Å². The molecule has 4 heteroatoms. The molecule has 0 unspecified atom stereocenters. The minimum absolute atomic E-state index is 1.17. The highest BCUT2D eigenvalue weighted by Gasteiger charge is 2.04. The minimum atomic E-state index is 1.17. The highest BCUT2D eigenvalue weighted by molar-refractivity contribution is 7.99. The van der Waals surface area contributed by atoms with E-state index in [1.807, 2.05) is 23.5 Å². The zero-order valence-corrected chi connectivity index (χ0v) is 35.7. The van der Waals surface area contributed by atoms with Gasteiger partial charge in [-0.25, -0.2) is 9.13 Å². The zero-order chi connectivity index (χ0) is 36.1. The first-order valence-electron chi connectivity index (χ1n) is 22.6. The van der Waals surface area contributed by atoms with Gasteiger partial charge in [-0.15, -0.1) is 23.5 Å². The van der Waals surface area contributed by atoms with Crippen molar-refractivity contribution >= 4 is 23.5 Å². The Labute approximate surface area is 327 Å². The van der Waals surface area contributed by atoms with Gasteiger partial charge >= 0.3 is 0 Å². The van der Waals surface area contributed by atoms with Gasteiger partial charge in [-0.2, -0.15) is 0 Å². The van der Waals surface area contributed by atoms with E-state index >= 15 is 0 Å². The molecule has 292 valence electrons. The van der Waals surface area contributed by atoms with Crippen molar-refractivity contribution in [3.63, 3.8) is 0 Å². The van der Waals surface area contributed by atoms with Crippen LogP contribution in [0, 0.1) is 0 Å². The smallest absolute Gasteiger partial charge is 0.169 e. The largest absolute Gasteiger partial charge is 0.205 e. The van der Waals surface area contributed by atoms with Crippen LogP contribution in [-0.4, -0.2) is 11.5 Å². The van der Waals surface area contributed by atoms with E-state index in [0.717, 1.165) is 0 Å². The van der Waals surface area contributed by atoms with Crippen LogP contribution in [0.1, 0.15) is 213 Å². The van der Waals surface area contributed by atoms with Crippen LogP contribution in [0.3, 0.4) is 0 Å². The molecule has 0 N–H and O–H groups in total. The van der Waals surface area contributed by atoms with Crippen LogP contribution in [0.25, 0.3) is 0 Å². The Morgan fingerprint density at radius 3 is 0.824 bits per heavy atom. The molecule has 0 radical (unpaired) electrons. The second-order valence-electron chi connectivity index (χ2n) is 15.5. The zero-order valence-electron chi connectivity index (χ0n) is 34.1. The summed E-state index contributed by atoms with van der Waals surface area (Å²) < 4.78 is 4.77. The molecule has 0 bridgehead atoms. The Morgan fingerprint density at radius 2 is 0.549 bits per heavy atom. The quantitative estimate of drug-likeness (QED) is 0.0385. The van der Waals surface area contributed by atoms with Crippen molar-refractivity contribution in [1.29, 1.82) is 0 Å². The molecule has 2 rings (SSSR count). The lowest BCUT2D eigenvalue weighted by Crippen LogP contribution is -2.32. The lowest BCUT2D eigenvalue weighted by atomic mass is 10.1. The summed E-state index contributed by atoms with van der Waals surface area (Å²) in [4.78, 5) is 2.87. The summed E-state index contributed by atoms with van der Waals surface area (Å²) in [7, 11) is 0. The van der Waals surface area contributed by atoms with Crippen LogP contribution < -0.4 is 9.13 Å². The van der Waals surface area contributed by atoms with Gasteiger partial charge in [0.15, 0.2) is 24.8 Å². The van der Waals surface area contributed by atoms with Crippen LogP contribution >= 0.6 is 23.5 Å². The SMILES string of the molecule is CCCCCCCCCCCCCC[n+]1ccc(SCCCCCCCCCSc2cc[n+](CCCCCCCCCCCCCC)cc2)cc1. The van der Waals surface area contributed by atoms with Gasteiger partial charge in [-0.05, 0) is 37.2 Å². The Balaban J connectivity index is 1.31. The third-order valence-electron chi connectivity index (χ3n) is 10.6. The molecular formula is C47H84N2S2+2. The van der Waals surface area contributed by atoms with Crippen LogP contribution in [0.2, 0.25) is 0 Å². The maximum atomic E-state index is 2.38. The van der Waals surface area contributed by atoms with Gasteiger partial charge < -0.3 is 0 Å². The number of nitrogens with zero attached hydrogens (tertiary/aromatic N) is 2. The number of hydrogen-bond donors (Lipinski definition) is 0. The number of aromatic nitrogens is 2. The van der Waals surface area contributed by atoms with E-state index in [0.29, 0.717) is 0 Å². The minimum Gasteiger partial charge on any atom is -0.205 e. The van der Waals surface area contributed by atoms with Gasteiger partial charge in [0.25, 0.3) is 0 Å². The fourth-order valence-corrected chi connectivity index (χ4v) is 8.91. The van der Waals surface area contributed by atoms with Crippen molar-refractivity contribution in [2.75, 3.05) is 11.5 Å². The van der Waals surface area contributed by atoms with Crippen molar-refractivity contribution in [2.45, 2.75) is 236 Å². The van der Waals surface area contributed by atoms with Crippen LogP contribution in [-0.2, 0) is 13.1 Å². The van der Waals surface area contributed by atoms with E-state index in [2.05, 4.69) is 72.0 Å². The Bertz CT molecular complexity index is 897. The average molecular weight is 741 g/mol. The third-order valence-corrected chi connectivity index (χ3v) is 12.8. The summed E-state index contributed by atoms with van der Waals surface area (Å²) in [5.41, 5.74) is 0. The third kappa shape index (κ3) is 29.1. The Morgan fingerprint density at radius 1 is 0.314 bits per heavy atom. The van der Waals surface area contributed by atoms with Crippen LogP contribution in [0.15, 0.2) is 58.8 Å². The molecular weight excluding hydrogens is 657 g/mol. The second-order valence-corrected chi connectivity index (χ2v) is 17.8. The monoisotopic (exact) mass is 741 g/mol. The number of aryl methyl sites for hydroxylation is 2. The van der Waals surface area contributed by atoms with Gasteiger partial charge in [0, 0.05) is 46.9 Å². The molecule has 2 aromatic rings. The molecule has 0 fully saturated rings. The summed E-state index contributed by atoms with van der Waals surface area (Å²) in [6.45, 7) is 6.95. The molecule has 0 saturated carbocycles. The van der Waals surface area contributed by atoms with E-state index in [-0.39, 0.29) is 0 Å². The number of rotatable bonds is 38. The topological polar surface area (TPSA) is 7.76 Å². The van der Waals surface area contributed by atoms with E-state index in [4.69, 9.17) is 0 Å². The first-order valence-corrected chi connectivity index (χ1v) is 24.5. The number of hydrogen-bond acceptors (Lipinski definition) is 2. The molecule has 0 saturated heterocycles. The van der Waals surface area contributed by atoms with Crippen molar-refractivity contribution in [3.05, 3.63) is 49.1 Å². The summed E-state index contributed by atoms with van der Waals surface area (Å²) in [6, 6.07) is 9.32. The van der Waals surface area contributed by atoms with Gasteiger partial charge in [-0.1, -0.05) is 174 Å². The summed E-state index contributed by atoms with van der Waals surface area (Å²) >= 11 is 4.08.